The summed E-state index contributed by atoms with van der Waals surface area (Å²) < 4.78 is 28.9. The van der Waals surface area contributed by atoms with Crippen molar-refractivity contribution in [1.82, 2.24) is 15.5 Å². The number of amides is 1. The van der Waals surface area contributed by atoms with Crippen LogP contribution in [0.3, 0.4) is 0 Å². The predicted molar refractivity (Wildman–Crippen MR) is 74.7 cm³/mol. The van der Waals surface area contributed by atoms with E-state index >= 15 is 0 Å². The third-order valence-corrected chi connectivity index (χ3v) is 3.27. The lowest BCUT2D eigenvalue weighted by Gasteiger charge is -2.27. The lowest BCUT2D eigenvalue weighted by atomic mass is 10.2. The molecule has 0 spiro atoms. The largest absolute Gasteiger partial charge is 0.434 e. The van der Waals surface area contributed by atoms with E-state index in [1.54, 1.807) is 12.1 Å². The van der Waals surface area contributed by atoms with Crippen LogP contribution in [0.4, 0.5) is 8.78 Å². The number of halogens is 2. The first kappa shape index (κ1) is 15.7. The molecule has 1 aliphatic heterocycles. The molecule has 1 amide bonds. The van der Waals surface area contributed by atoms with Crippen LogP contribution in [0.2, 0.25) is 0 Å². The fraction of sp³-hybridized carbons (Fsp3) is 0.500. The molecule has 0 bridgehead atoms. The van der Waals surface area contributed by atoms with Gasteiger partial charge in [0.15, 0.2) is 0 Å². The van der Waals surface area contributed by atoms with E-state index in [1.807, 2.05) is 0 Å². The summed E-state index contributed by atoms with van der Waals surface area (Å²) in [5.41, 5.74) is 0.123. The molecule has 2 N–H and O–H groups in total. The molecule has 1 aromatic carbocycles. The number of ether oxygens (including phenoxy) is 1. The first-order valence-electron chi connectivity index (χ1n) is 6.92. The smallest absolute Gasteiger partial charge is 0.387 e. The second kappa shape index (κ2) is 7.90. The quantitative estimate of drug-likeness (QED) is 0.820. The van der Waals surface area contributed by atoms with Gasteiger partial charge in [0, 0.05) is 39.3 Å². The van der Waals surface area contributed by atoms with Crippen LogP contribution in [-0.4, -0.2) is 56.7 Å². The fourth-order valence-electron chi connectivity index (χ4n) is 2.21. The van der Waals surface area contributed by atoms with Crippen LogP contribution in [0, 0.1) is 0 Å². The SMILES string of the molecule is O=C(NCCN1CCNCC1)c1ccccc1OC(F)F. The number of carbonyl (C=O) groups is 1. The normalized spacial score (nSPS) is 16.0. The Morgan fingerprint density at radius 2 is 2.05 bits per heavy atom. The van der Waals surface area contributed by atoms with E-state index in [0.717, 1.165) is 32.7 Å². The van der Waals surface area contributed by atoms with E-state index in [9.17, 15) is 13.6 Å². The number of hydrogen-bond donors (Lipinski definition) is 2. The second-order valence-electron chi connectivity index (χ2n) is 4.72. The molecule has 0 saturated carbocycles. The number of benzene rings is 1. The monoisotopic (exact) mass is 299 g/mol. The molecule has 5 nitrogen and oxygen atoms in total. The van der Waals surface area contributed by atoms with E-state index in [1.165, 1.54) is 12.1 Å². The van der Waals surface area contributed by atoms with Crippen LogP contribution >= 0.6 is 0 Å². The van der Waals surface area contributed by atoms with Crippen LogP contribution in [-0.2, 0) is 0 Å². The zero-order valence-electron chi connectivity index (χ0n) is 11.6. The lowest BCUT2D eigenvalue weighted by Crippen LogP contribution is -2.46. The molecule has 1 aromatic rings. The molecule has 21 heavy (non-hydrogen) atoms. The van der Waals surface area contributed by atoms with E-state index in [2.05, 4.69) is 20.3 Å². The highest BCUT2D eigenvalue weighted by Crippen LogP contribution is 2.19. The van der Waals surface area contributed by atoms with E-state index in [0.29, 0.717) is 6.54 Å². The van der Waals surface area contributed by atoms with Crippen molar-refractivity contribution in [1.29, 1.82) is 0 Å². The van der Waals surface area contributed by atoms with Gasteiger partial charge in [-0.15, -0.1) is 0 Å². The van der Waals surface area contributed by atoms with Crippen molar-refractivity contribution in [3.05, 3.63) is 29.8 Å². The molecule has 1 fully saturated rings. The van der Waals surface area contributed by atoms with Crippen molar-refractivity contribution in [2.24, 2.45) is 0 Å². The summed E-state index contributed by atoms with van der Waals surface area (Å²) in [4.78, 5) is 14.3. The van der Waals surface area contributed by atoms with Crippen molar-refractivity contribution in [3.63, 3.8) is 0 Å². The van der Waals surface area contributed by atoms with Crippen molar-refractivity contribution >= 4 is 5.91 Å². The fourth-order valence-corrected chi connectivity index (χ4v) is 2.21. The molecular weight excluding hydrogens is 280 g/mol. The number of carbonyl (C=O) groups excluding carboxylic acids is 1. The van der Waals surface area contributed by atoms with Gasteiger partial charge >= 0.3 is 6.61 Å². The Labute approximate surface area is 122 Å². The van der Waals surface area contributed by atoms with Gasteiger partial charge in [-0.05, 0) is 12.1 Å². The molecular formula is C14H19F2N3O2. The van der Waals surface area contributed by atoms with Gasteiger partial charge in [0.1, 0.15) is 5.75 Å². The minimum absolute atomic E-state index is 0.104. The van der Waals surface area contributed by atoms with Gasteiger partial charge in [0.05, 0.1) is 5.56 Å². The van der Waals surface area contributed by atoms with Gasteiger partial charge in [-0.3, -0.25) is 9.69 Å². The average Bonchev–Trinajstić information content (AvgIpc) is 2.48. The number of piperazine rings is 1. The summed E-state index contributed by atoms with van der Waals surface area (Å²) in [5, 5.41) is 5.98. The lowest BCUT2D eigenvalue weighted by molar-refractivity contribution is -0.0501. The summed E-state index contributed by atoms with van der Waals surface area (Å²) in [7, 11) is 0. The van der Waals surface area contributed by atoms with Crippen LogP contribution in [0.15, 0.2) is 24.3 Å². The Bertz CT molecular complexity index is 465. The molecule has 0 unspecified atom stereocenters. The first-order chi connectivity index (χ1) is 10.2. The molecule has 0 radical (unpaired) electrons. The maximum atomic E-state index is 12.3. The van der Waals surface area contributed by atoms with Crippen LogP contribution < -0.4 is 15.4 Å². The number of nitrogens with zero attached hydrogens (tertiary/aromatic N) is 1. The Morgan fingerprint density at radius 1 is 1.33 bits per heavy atom. The highest BCUT2D eigenvalue weighted by Gasteiger charge is 2.15. The molecule has 0 aliphatic carbocycles. The molecule has 1 saturated heterocycles. The summed E-state index contributed by atoms with van der Waals surface area (Å²) in [5.74, 6) is -0.506. The minimum Gasteiger partial charge on any atom is -0.434 e. The van der Waals surface area contributed by atoms with Gasteiger partial charge in [-0.25, -0.2) is 0 Å². The summed E-state index contributed by atoms with van der Waals surface area (Å²) in [6.07, 6.45) is 0. The zero-order chi connectivity index (χ0) is 15.1. The summed E-state index contributed by atoms with van der Waals surface area (Å²) >= 11 is 0. The minimum atomic E-state index is -2.94. The summed E-state index contributed by atoms with van der Waals surface area (Å²) in [6, 6.07) is 5.99. The molecule has 7 heteroatoms. The van der Waals surface area contributed by atoms with E-state index in [-0.39, 0.29) is 11.3 Å². The number of rotatable bonds is 6. The predicted octanol–water partition coefficient (Wildman–Crippen LogP) is 0.923. The maximum absolute atomic E-state index is 12.3. The Kier molecular flexibility index (Phi) is 5.89. The van der Waals surface area contributed by atoms with Gasteiger partial charge in [0.2, 0.25) is 0 Å². The first-order valence-corrected chi connectivity index (χ1v) is 6.92. The average molecular weight is 299 g/mol. The van der Waals surface area contributed by atoms with E-state index < -0.39 is 12.5 Å². The number of para-hydroxylation sites is 1. The molecule has 1 aliphatic rings. The van der Waals surface area contributed by atoms with Gasteiger partial charge in [-0.2, -0.15) is 8.78 Å². The summed E-state index contributed by atoms with van der Waals surface area (Å²) in [6.45, 7) is 2.05. The Hall–Kier alpha value is -1.73. The second-order valence-corrected chi connectivity index (χ2v) is 4.72. The molecule has 0 aromatic heterocycles. The Balaban J connectivity index is 1.85. The van der Waals surface area contributed by atoms with Crippen LogP contribution in [0.1, 0.15) is 10.4 Å². The van der Waals surface area contributed by atoms with Crippen molar-refractivity contribution < 1.29 is 18.3 Å². The highest BCUT2D eigenvalue weighted by atomic mass is 19.3. The zero-order valence-corrected chi connectivity index (χ0v) is 11.6. The molecule has 1 heterocycles. The molecule has 116 valence electrons. The molecule has 0 atom stereocenters. The standard InChI is InChI=1S/C14H19F2N3O2/c15-14(16)21-12-4-2-1-3-11(12)13(20)18-7-10-19-8-5-17-6-9-19/h1-4,14,17H,5-10H2,(H,18,20). The topological polar surface area (TPSA) is 53.6 Å². The van der Waals surface area contributed by atoms with Gasteiger partial charge in [-0.1, -0.05) is 12.1 Å². The maximum Gasteiger partial charge on any atom is 0.387 e. The van der Waals surface area contributed by atoms with Crippen LogP contribution in [0.5, 0.6) is 5.75 Å². The van der Waals surface area contributed by atoms with Gasteiger partial charge in [0.25, 0.3) is 5.91 Å². The van der Waals surface area contributed by atoms with Crippen molar-refractivity contribution in [2.75, 3.05) is 39.3 Å². The van der Waals surface area contributed by atoms with Crippen LogP contribution in [0.25, 0.3) is 0 Å². The molecule has 2 rings (SSSR count). The number of nitrogens with one attached hydrogen (secondary N) is 2. The number of hydrogen-bond acceptors (Lipinski definition) is 4. The van der Waals surface area contributed by atoms with E-state index in [4.69, 9.17) is 0 Å². The number of alkyl halides is 2. The Morgan fingerprint density at radius 3 is 2.76 bits per heavy atom. The third-order valence-electron chi connectivity index (χ3n) is 3.27. The van der Waals surface area contributed by atoms with Crippen molar-refractivity contribution in [3.8, 4) is 5.75 Å². The van der Waals surface area contributed by atoms with Crippen molar-refractivity contribution in [2.45, 2.75) is 6.61 Å². The van der Waals surface area contributed by atoms with Gasteiger partial charge < -0.3 is 15.4 Å². The highest BCUT2D eigenvalue weighted by molar-refractivity contribution is 5.96. The third kappa shape index (κ3) is 4.95.